The minimum absolute atomic E-state index is 0.512. The van der Waals surface area contributed by atoms with E-state index in [1.807, 2.05) is 18.2 Å². The molecular formula is C13H13NO3. The summed E-state index contributed by atoms with van der Waals surface area (Å²) in [5.41, 5.74) is 1.57. The molecule has 17 heavy (non-hydrogen) atoms. The SMILES string of the molecule is COc1ccc2cc(C(C)C(=O)O)ccc2n1. The Morgan fingerprint density at radius 3 is 2.76 bits per heavy atom. The van der Waals surface area contributed by atoms with E-state index in [1.54, 1.807) is 26.2 Å². The van der Waals surface area contributed by atoms with Gasteiger partial charge < -0.3 is 9.84 Å². The number of aromatic nitrogens is 1. The lowest BCUT2D eigenvalue weighted by Crippen LogP contribution is -2.07. The molecule has 2 aromatic rings. The zero-order valence-electron chi connectivity index (χ0n) is 9.68. The number of hydrogen-bond donors (Lipinski definition) is 1. The van der Waals surface area contributed by atoms with Crippen LogP contribution in [-0.2, 0) is 4.79 Å². The molecule has 1 atom stereocenters. The van der Waals surface area contributed by atoms with Gasteiger partial charge in [-0.2, -0.15) is 0 Å². The van der Waals surface area contributed by atoms with E-state index in [0.29, 0.717) is 5.88 Å². The first-order valence-electron chi connectivity index (χ1n) is 5.29. The largest absolute Gasteiger partial charge is 0.481 e. The first-order valence-corrected chi connectivity index (χ1v) is 5.29. The van der Waals surface area contributed by atoms with Gasteiger partial charge in [0.05, 0.1) is 18.5 Å². The average molecular weight is 231 g/mol. The van der Waals surface area contributed by atoms with Crippen molar-refractivity contribution >= 4 is 16.9 Å². The molecule has 1 heterocycles. The Morgan fingerprint density at radius 2 is 2.12 bits per heavy atom. The molecule has 4 nitrogen and oxygen atoms in total. The summed E-state index contributed by atoms with van der Waals surface area (Å²) in [6.07, 6.45) is 0. The number of carboxylic acids is 1. The third kappa shape index (κ3) is 2.20. The third-order valence-electron chi connectivity index (χ3n) is 2.77. The number of pyridine rings is 1. The van der Waals surface area contributed by atoms with Gasteiger partial charge in [0.1, 0.15) is 0 Å². The molecule has 1 unspecified atom stereocenters. The second-order valence-corrected chi connectivity index (χ2v) is 3.87. The van der Waals surface area contributed by atoms with E-state index in [2.05, 4.69) is 4.98 Å². The predicted molar refractivity (Wildman–Crippen MR) is 64.3 cm³/mol. The van der Waals surface area contributed by atoms with Crippen molar-refractivity contribution in [3.05, 3.63) is 35.9 Å². The molecule has 0 bridgehead atoms. The first kappa shape index (κ1) is 11.4. The van der Waals surface area contributed by atoms with Crippen molar-refractivity contribution in [1.82, 2.24) is 4.98 Å². The third-order valence-corrected chi connectivity index (χ3v) is 2.77. The van der Waals surface area contributed by atoms with Crippen molar-refractivity contribution in [1.29, 1.82) is 0 Å². The minimum Gasteiger partial charge on any atom is -0.481 e. The van der Waals surface area contributed by atoms with Gasteiger partial charge in [-0.15, -0.1) is 0 Å². The van der Waals surface area contributed by atoms with E-state index in [0.717, 1.165) is 16.5 Å². The summed E-state index contributed by atoms with van der Waals surface area (Å²) in [5, 5.41) is 9.87. The van der Waals surface area contributed by atoms with Crippen molar-refractivity contribution in [3.8, 4) is 5.88 Å². The predicted octanol–water partition coefficient (Wildman–Crippen LogP) is 2.43. The zero-order valence-corrected chi connectivity index (χ0v) is 9.68. The maximum absolute atomic E-state index is 10.9. The molecule has 0 aliphatic rings. The van der Waals surface area contributed by atoms with Crippen LogP contribution < -0.4 is 4.74 Å². The van der Waals surface area contributed by atoms with E-state index in [9.17, 15) is 4.79 Å². The number of benzene rings is 1. The summed E-state index contributed by atoms with van der Waals surface area (Å²) < 4.78 is 5.03. The van der Waals surface area contributed by atoms with Crippen LogP contribution in [0.15, 0.2) is 30.3 Å². The molecule has 1 N–H and O–H groups in total. The quantitative estimate of drug-likeness (QED) is 0.881. The van der Waals surface area contributed by atoms with Gasteiger partial charge in [0, 0.05) is 11.5 Å². The number of hydrogen-bond acceptors (Lipinski definition) is 3. The first-order chi connectivity index (χ1) is 8.11. The molecule has 0 saturated carbocycles. The molecule has 2 rings (SSSR count). The van der Waals surface area contributed by atoms with Crippen molar-refractivity contribution in [2.24, 2.45) is 0 Å². The highest BCUT2D eigenvalue weighted by Gasteiger charge is 2.13. The second kappa shape index (κ2) is 4.41. The van der Waals surface area contributed by atoms with Gasteiger partial charge in [-0.05, 0) is 30.7 Å². The number of fused-ring (bicyclic) bond motifs is 1. The maximum atomic E-state index is 10.9. The van der Waals surface area contributed by atoms with E-state index in [4.69, 9.17) is 9.84 Å². The Labute approximate surface area is 98.9 Å². The number of methoxy groups -OCH3 is 1. The van der Waals surface area contributed by atoms with E-state index in [1.165, 1.54) is 0 Å². The van der Waals surface area contributed by atoms with Crippen LogP contribution in [-0.4, -0.2) is 23.2 Å². The molecule has 0 aliphatic heterocycles. The fourth-order valence-electron chi connectivity index (χ4n) is 1.65. The molecular weight excluding hydrogens is 218 g/mol. The van der Waals surface area contributed by atoms with Crippen LogP contribution >= 0.6 is 0 Å². The molecule has 0 amide bonds. The van der Waals surface area contributed by atoms with Gasteiger partial charge in [-0.3, -0.25) is 4.79 Å². The fourth-order valence-corrected chi connectivity index (χ4v) is 1.65. The van der Waals surface area contributed by atoms with Gasteiger partial charge in [-0.1, -0.05) is 6.07 Å². The van der Waals surface area contributed by atoms with Crippen molar-refractivity contribution < 1.29 is 14.6 Å². The molecule has 0 radical (unpaired) electrons. The number of carbonyl (C=O) groups is 1. The topological polar surface area (TPSA) is 59.4 Å². The summed E-state index contributed by atoms with van der Waals surface area (Å²) in [6.45, 7) is 1.67. The molecule has 1 aromatic carbocycles. The monoisotopic (exact) mass is 231 g/mol. The van der Waals surface area contributed by atoms with Gasteiger partial charge >= 0.3 is 5.97 Å². The number of aliphatic carboxylic acids is 1. The summed E-state index contributed by atoms with van der Waals surface area (Å²) in [5.74, 6) is -0.788. The summed E-state index contributed by atoms with van der Waals surface area (Å²) in [4.78, 5) is 15.2. The van der Waals surface area contributed by atoms with Crippen LogP contribution in [0.3, 0.4) is 0 Å². The zero-order chi connectivity index (χ0) is 12.4. The number of ether oxygens (including phenoxy) is 1. The van der Waals surface area contributed by atoms with E-state index < -0.39 is 11.9 Å². The Kier molecular flexibility index (Phi) is 2.95. The summed E-state index contributed by atoms with van der Waals surface area (Å²) in [7, 11) is 1.56. The summed E-state index contributed by atoms with van der Waals surface area (Å²) in [6, 6.07) is 9.08. The minimum atomic E-state index is -0.828. The molecule has 88 valence electrons. The highest BCUT2D eigenvalue weighted by molar-refractivity contribution is 5.83. The lowest BCUT2D eigenvalue weighted by Gasteiger charge is -2.08. The maximum Gasteiger partial charge on any atom is 0.310 e. The lowest BCUT2D eigenvalue weighted by molar-refractivity contribution is -0.138. The van der Waals surface area contributed by atoms with Crippen molar-refractivity contribution in [2.45, 2.75) is 12.8 Å². The number of carboxylic acid groups (broad SMARTS) is 1. The smallest absolute Gasteiger partial charge is 0.310 e. The number of rotatable bonds is 3. The standard InChI is InChI=1S/C13H13NO3/c1-8(13(15)16)9-3-5-11-10(7-9)4-6-12(14-11)17-2/h3-8H,1-2H3,(H,15,16). The van der Waals surface area contributed by atoms with Crippen LogP contribution in [0.4, 0.5) is 0 Å². The Hall–Kier alpha value is -2.10. The Bertz CT molecular complexity index is 566. The highest BCUT2D eigenvalue weighted by Crippen LogP contribution is 2.22. The van der Waals surface area contributed by atoms with Crippen molar-refractivity contribution in [2.75, 3.05) is 7.11 Å². The van der Waals surface area contributed by atoms with Gasteiger partial charge in [0.15, 0.2) is 0 Å². The van der Waals surface area contributed by atoms with Gasteiger partial charge in [0.25, 0.3) is 0 Å². The van der Waals surface area contributed by atoms with Gasteiger partial charge in [0.2, 0.25) is 5.88 Å². The Morgan fingerprint density at radius 1 is 1.35 bits per heavy atom. The molecule has 0 fully saturated rings. The van der Waals surface area contributed by atoms with Crippen LogP contribution in [0.2, 0.25) is 0 Å². The van der Waals surface area contributed by atoms with Crippen molar-refractivity contribution in [3.63, 3.8) is 0 Å². The molecule has 1 aromatic heterocycles. The fraction of sp³-hybridized carbons (Fsp3) is 0.231. The molecule has 0 aliphatic carbocycles. The van der Waals surface area contributed by atoms with E-state index in [-0.39, 0.29) is 0 Å². The van der Waals surface area contributed by atoms with Crippen LogP contribution in [0, 0.1) is 0 Å². The molecule has 0 saturated heterocycles. The van der Waals surface area contributed by atoms with Crippen LogP contribution in [0.5, 0.6) is 5.88 Å². The highest BCUT2D eigenvalue weighted by atomic mass is 16.5. The average Bonchev–Trinajstić information content (AvgIpc) is 2.36. The summed E-state index contributed by atoms with van der Waals surface area (Å²) >= 11 is 0. The van der Waals surface area contributed by atoms with Crippen LogP contribution in [0.1, 0.15) is 18.4 Å². The molecule has 0 spiro atoms. The lowest BCUT2D eigenvalue weighted by atomic mass is 9.99. The number of nitrogens with zero attached hydrogens (tertiary/aromatic N) is 1. The van der Waals surface area contributed by atoms with Crippen LogP contribution in [0.25, 0.3) is 10.9 Å². The normalized spacial score (nSPS) is 12.4. The van der Waals surface area contributed by atoms with E-state index >= 15 is 0 Å². The second-order valence-electron chi connectivity index (χ2n) is 3.87. The molecule has 4 heteroatoms. The Balaban J connectivity index is 2.48. The van der Waals surface area contributed by atoms with Gasteiger partial charge in [-0.25, -0.2) is 4.98 Å².